The standard InChI is InChI=1S/C17H31N3/c1-5-11-18-17(15-9-7-13(3)8-10-15)16-12-14(4)19-20(16)6-2/h12-13,15,17-18H,5-11H2,1-4H3. The molecule has 0 spiro atoms. The van der Waals surface area contributed by atoms with Crippen molar-refractivity contribution in [3.8, 4) is 0 Å². The monoisotopic (exact) mass is 277 g/mol. The summed E-state index contributed by atoms with van der Waals surface area (Å²) >= 11 is 0. The van der Waals surface area contributed by atoms with Gasteiger partial charge in [0.05, 0.1) is 17.4 Å². The molecule has 1 N–H and O–H groups in total. The molecule has 114 valence electrons. The van der Waals surface area contributed by atoms with Crippen molar-refractivity contribution in [2.75, 3.05) is 6.54 Å². The minimum Gasteiger partial charge on any atom is -0.308 e. The number of hydrogen-bond acceptors (Lipinski definition) is 2. The van der Waals surface area contributed by atoms with Crippen molar-refractivity contribution in [1.29, 1.82) is 0 Å². The van der Waals surface area contributed by atoms with E-state index in [0.29, 0.717) is 6.04 Å². The van der Waals surface area contributed by atoms with E-state index in [0.717, 1.165) is 30.6 Å². The molecule has 1 fully saturated rings. The van der Waals surface area contributed by atoms with Crippen molar-refractivity contribution >= 4 is 0 Å². The summed E-state index contributed by atoms with van der Waals surface area (Å²) in [6, 6.07) is 2.78. The molecule has 1 atom stereocenters. The lowest BCUT2D eigenvalue weighted by Crippen LogP contribution is -2.33. The van der Waals surface area contributed by atoms with E-state index >= 15 is 0 Å². The van der Waals surface area contributed by atoms with Gasteiger partial charge in [-0.25, -0.2) is 0 Å². The van der Waals surface area contributed by atoms with Crippen LogP contribution in [0, 0.1) is 18.8 Å². The van der Waals surface area contributed by atoms with Crippen LogP contribution >= 0.6 is 0 Å². The van der Waals surface area contributed by atoms with E-state index in [1.165, 1.54) is 37.8 Å². The summed E-state index contributed by atoms with van der Waals surface area (Å²) in [5, 5.41) is 8.44. The first-order chi connectivity index (χ1) is 9.65. The van der Waals surface area contributed by atoms with Crippen molar-refractivity contribution in [2.24, 2.45) is 11.8 Å². The molecule has 20 heavy (non-hydrogen) atoms. The summed E-state index contributed by atoms with van der Waals surface area (Å²) < 4.78 is 2.20. The summed E-state index contributed by atoms with van der Waals surface area (Å²) in [4.78, 5) is 0. The van der Waals surface area contributed by atoms with Crippen LogP contribution in [0.3, 0.4) is 0 Å². The zero-order valence-corrected chi connectivity index (χ0v) is 13.7. The lowest BCUT2D eigenvalue weighted by Gasteiger charge is -2.33. The SMILES string of the molecule is CCCNC(c1cc(C)nn1CC)C1CCC(C)CC1. The maximum absolute atomic E-state index is 4.64. The highest BCUT2D eigenvalue weighted by Gasteiger charge is 2.29. The van der Waals surface area contributed by atoms with Gasteiger partial charge in [0.25, 0.3) is 0 Å². The third-order valence-electron chi connectivity index (χ3n) is 4.70. The molecule has 1 aromatic heterocycles. The Morgan fingerprint density at radius 1 is 1.30 bits per heavy atom. The highest BCUT2D eigenvalue weighted by atomic mass is 15.3. The van der Waals surface area contributed by atoms with Gasteiger partial charge in [-0.1, -0.05) is 26.7 Å². The fourth-order valence-electron chi connectivity index (χ4n) is 3.50. The third kappa shape index (κ3) is 3.63. The van der Waals surface area contributed by atoms with Gasteiger partial charge in [-0.15, -0.1) is 0 Å². The van der Waals surface area contributed by atoms with E-state index in [1.807, 2.05) is 0 Å². The van der Waals surface area contributed by atoms with Gasteiger partial charge < -0.3 is 5.32 Å². The smallest absolute Gasteiger partial charge is 0.0597 e. The maximum atomic E-state index is 4.64. The van der Waals surface area contributed by atoms with Crippen molar-refractivity contribution in [2.45, 2.75) is 72.4 Å². The van der Waals surface area contributed by atoms with Crippen LogP contribution in [0.4, 0.5) is 0 Å². The van der Waals surface area contributed by atoms with Crippen molar-refractivity contribution in [3.05, 3.63) is 17.5 Å². The van der Waals surface area contributed by atoms with Gasteiger partial charge in [-0.05, 0) is 57.6 Å². The van der Waals surface area contributed by atoms with Gasteiger partial charge in [-0.3, -0.25) is 4.68 Å². The van der Waals surface area contributed by atoms with Crippen molar-refractivity contribution < 1.29 is 0 Å². The van der Waals surface area contributed by atoms with E-state index in [2.05, 4.69) is 48.9 Å². The van der Waals surface area contributed by atoms with E-state index < -0.39 is 0 Å². The molecule has 1 heterocycles. The molecule has 1 aromatic rings. The summed E-state index contributed by atoms with van der Waals surface area (Å²) in [6.45, 7) is 11.0. The van der Waals surface area contributed by atoms with Gasteiger partial charge in [0, 0.05) is 6.54 Å². The molecule has 1 saturated carbocycles. The fraction of sp³-hybridized carbons (Fsp3) is 0.824. The summed E-state index contributed by atoms with van der Waals surface area (Å²) in [7, 11) is 0. The van der Waals surface area contributed by atoms with Crippen molar-refractivity contribution in [3.63, 3.8) is 0 Å². The molecule has 2 rings (SSSR count). The molecule has 3 heteroatoms. The largest absolute Gasteiger partial charge is 0.308 e. The summed E-state index contributed by atoms with van der Waals surface area (Å²) in [5.74, 6) is 1.69. The Kier molecular flexibility index (Phi) is 5.64. The Labute approximate surface area is 124 Å². The number of aromatic nitrogens is 2. The normalized spacial score (nSPS) is 24.8. The van der Waals surface area contributed by atoms with Crippen molar-refractivity contribution in [1.82, 2.24) is 15.1 Å². The van der Waals surface area contributed by atoms with Crippen LogP contribution in [0.25, 0.3) is 0 Å². The molecule has 0 bridgehead atoms. The van der Waals surface area contributed by atoms with Gasteiger partial charge in [0.15, 0.2) is 0 Å². The highest BCUT2D eigenvalue weighted by Crippen LogP contribution is 2.37. The topological polar surface area (TPSA) is 29.9 Å². The second-order valence-corrected chi connectivity index (χ2v) is 6.48. The van der Waals surface area contributed by atoms with Crippen LogP contribution in [-0.4, -0.2) is 16.3 Å². The first-order valence-corrected chi connectivity index (χ1v) is 8.43. The molecule has 1 unspecified atom stereocenters. The Morgan fingerprint density at radius 2 is 2.00 bits per heavy atom. The van der Waals surface area contributed by atoms with Crippen LogP contribution in [0.2, 0.25) is 0 Å². The molecule has 0 amide bonds. The first kappa shape index (κ1) is 15.6. The van der Waals surface area contributed by atoms with E-state index in [1.54, 1.807) is 0 Å². The van der Waals surface area contributed by atoms with Gasteiger partial charge in [0.1, 0.15) is 0 Å². The number of nitrogens with zero attached hydrogens (tertiary/aromatic N) is 2. The minimum atomic E-state index is 0.489. The Morgan fingerprint density at radius 3 is 2.60 bits per heavy atom. The molecule has 0 saturated heterocycles. The van der Waals surface area contributed by atoms with Crippen LogP contribution < -0.4 is 5.32 Å². The van der Waals surface area contributed by atoms with Gasteiger partial charge in [0.2, 0.25) is 0 Å². The predicted octanol–water partition coefficient (Wildman–Crippen LogP) is 4.08. The van der Waals surface area contributed by atoms with E-state index in [-0.39, 0.29) is 0 Å². The molecule has 0 aromatic carbocycles. The number of hydrogen-bond donors (Lipinski definition) is 1. The average molecular weight is 277 g/mol. The van der Waals surface area contributed by atoms with Crippen LogP contribution in [0.15, 0.2) is 6.07 Å². The van der Waals surface area contributed by atoms with Crippen LogP contribution in [-0.2, 0) is 6.54 Å². The molecule has 1 aliphatic carbocycles. The fourth-order valence-corrected chi connectivity index (χ4v) is 3.50. The van der Waals surface area contributed by atoms with Crippen LogP contribution in [0.1, 0.15) is 70.3 Å². The Hall–Kier alpha value is -0.830. The number of rotatable bonds is 6. The Balaban J connectivity index is 2.17. The molecule has 0 radical (unpaired) electrons. The molecule has 0 aliphatic heterocycles. The van der Waals surface area contributed by atoms with Crippen LogP contribution in [0.5, 0.6) is 0 Å². The maximum Gasteiger partial charge on any atom is 0.0597 e. The molecule has 1 aliphatic rings. The summed E-state index contributed by atoms with van der Waals surface area (Å²) in [5.41, 5.74) is 2.55. The molecular weight excluding hydrogens is 246 g/mol. The van der Waals surface area contributed by atoms with E-state index in [9.17, 15) is 0 Å². The average Bonchev–Trinajstić information content (AvgIpc) is 2.82. The zero-order valence-electron chi connectivity index (χ0n) is 13.7. The highest BCUT2D eigenvalue weighted by molar-refractivity contribution is 5.15. The second-order valence-electron chi connectivity index (χ2n) is 6.48. The lowest BCUT2D eigenvalue weighted by atomic mass is 9.78. The molecule has 3 nitrogen and oxygen atoms in total. The zero-order chi connectivity index (χ0) is 14.5. The van der Waals surface area contributed by atoms with Gasteiger partial charge in [-0.2, -0.15) is 5.10 Å². The minimum absolute atomic E-state index is 0.489. The van der Waals surface area contributed by atoms with E-state index in [4.69, 9.17) is 0 Å². The first-order valence-electron chi connectivity index (χ1n) is 8.43. The summed E-state index contributed by atoms with van der Waals surface area (Å²) in [6.07, 6.45) is 6.67. The predicted molar refractivity (Wildman–Crippen MR) is 84.8 cm³/mol. The lowest BCUT2D eigenvalue weighted by molar-refractivity contribution is 0.224. The number of nitrogens with one attached hydrogen (secondary N) is 1. The second kappa shape index (κ2) is 7.26. The molecular formula is C17H31N3. The Bertz CT molecular complexity index is 402. The quantitative estimate of drug-likeness (QED) is 0.849. The number of aryl methyl sites for hydroxylation is 2. The van der Waals surface area contributed by atoms with Gasteiger partial charge >= 0.3 is 0 Å². The third-order valence-corrected chi connectivity index (χ3v) is 4.70.